The van der Waals surface area contributed by atoms with Gasteiger partial charge in [-0.05, 0) is 89.7 Å². The Labute approximate surface area is 269 Å². The summed E-state index contributed by atoms with van der Waals surface area (Å²) >= 11 is 0. The Kier molecular flexibility index (Phi) is 30.2. The van der Waals surface area contributed by atoms with Gasteiger partial charge in [0, 0.05) is 12.8 Å². The third-order valence-corrected chi connectivity index (χ3v) is 7.64. The van der Waals surface area contributed by atoms with Crippen molar-refractivity contribution in [1.29, 1.82) is 0 Å². The molecule has 0 saturated carbocycles. The third-order valence-electron chi connectivity index (χ3n) is 7.64. The minimum atomic E-state index is -1.02. The zero-order chi connectivity index (χ0) is 32.5. The molecule has 0 aliphatic carbocycles. The van der Waals surface area contributed by atoms with E-state index in [0.717, 1.165) is 77.0 Å². The molecule has 2 atom stereocenters. The Morgan fingerprint density at radius 3 is 1.98 bits per heavy atom. The second-order valence-corrected chi connectivity index (χ2v) is 11.9. The van der Waals surface area contributed by atoms with Crippen molar-refractivity contribution < 1.29 is 24.2 Å². The number of esters is 1. The Hall–Kier alpha value is -2.41. The molecule has 7 heteroatoms. The van der Waals surface area contributed by atoms with Crippen LogP contribution in [-0.4, -0.2) is 41.6 Å². The zero-order valence-electron chi connectivity index (χ0n) is 28.2. The molecule has 7 nitrogen and oxygen atoms in total. The standard InChI is InChI=1S/C37H66N2O5/c1-3-5-7-9-11-12-13-14-15-16-17-19-25-31-36(41)44-33(27-22-18-10-8-6-4-2)28-23-20-21-24-30-35(40)39-34(37(42)43)29-26-32-38/h7,9,12-13,22,27,33-34H,3-6,8,10-11,14-21,23-26,28-32,38H2,1-2H3,(H,39,40)(H,42,43)/b9-7-,13-12-,27-22-. The fourth-order valence-corrected chi connectivity index (χ4v) is 4.92. The van der Waals surface area contributed by atoms with Crippen molar-refractivity contribution in [3.05, 3.63) is 36.5 Å². The Morgan fingerprint density at radius 1 is 0.682 bits per heavy atom. The molecular formula is C37H66N2O5. The highest BCUT2D eigenvalue weighted by Crippen LogP contribution is 2.15. The fourth-order valence-electron chi connectivity index (χ4n) is 4.92. The lowest BCUT2D eigenvalue weighted by atomic mass is 10.1. The van der Waals surface area contributed by atoms with Crippen LogP contribution < -0.4 is 11.1 Å². The molecule has 0 heterocycles. The first-order chi connectivity index (χ1) is 21.4. The topological polar surface area (TPSA) is 119 Å². The number of allylic oxidation sites excluding steroid dienone is 5. The van der Waals surface area contributed by atoms with E-state index in [0.29, 0.717) is 38.6 Å². The Morgan fingerprint density at radius 2 is 1.30 bits per heavy atom. The van der Waals surface area contributed by atoms with Gasteiger partial charge in [0.15, 0.2) is 0 Å². The van der Waals surface area contributed by atoms with E-state index in [1.165, 1.54) is 38.5 Å². The van der Waals surface area contributed by atoms with E-state index in [1.54, 1.807) is 0 Å². The summed E-state index contributed by atoms with van der Waals surface area (Å²) in [5.74, 6) is -1.35. The summed E-state index contributed by atoms with van der Waals surface area (Å²) in [6, 6.07) is -0.870. The van der Waals surface area contributed by atoms with E-state index >= 15 is 0 Å². The van der Waals surface area contributed by atoms with Crippen LogP contribution in [-0.2, 0) is 19.1 Å². The SMILES string of the molecule is CCC/C=C\C/C=C\CCCCCCCC(=O)OC(/C=C\CCCCCC)CCCCCCC(=O)NC(CCCN)C(=O)O. The number of rotatable bonds is 31. The second-order valence-electron chi connectivity index (χ2n) is 11.9. The van der Waals surface area contributed by atoms with Gasteiger partial charge >= 0.3 is 11.9 Å². The monoisotopic (exact) mass is 618 g/mol. The van der Waals surface area contributed by atoms with Crippen molar-refractivity contribution in [1.82, 2.24) is 5.32 Å². The van der Waals surface area contributed by atoms with E-state index in [1.807, 2.05) is 0 Å². The number of carboxylic acid groups (broad SMARTS) is 1. The molecule has 0 aromatic heterocycles. The number of carbonyl (C=O) groups excluding carboxylic acids is 2. The average molecular weight is 619 g/mol. The van der Waals surface area contributed by atoms with Gasteiger partial charge in [-0.1, -0.05) is 102 Å². The van der Waals surface area contributed by atoms with Crippen LogP contribution in [0.3, 0.4) is 0 Å². The number of aliphatic carboxylic acids is 1. The van der Waals surface area contributed by atoms with E-state index in [9.17, 15) is 19.5 Å². The maximum Gasteiger partial charge on any atom is 0.326 e. The summed E-state index contributed by atoms with van der Waals surface area (Å²) in [6.07, 6.45) is 34.9. The lowest BCUT2D eigenvalue weighted by Crippen LogP contribution is -2.40. The van der Waals surface area contributed by atoms with Crippen LogP contribution in [0.5, 0.6) is 0 Å². The second kappa shape index (κ2) is 32.0. The van der Waals surface area contributed by atoms with Gasteiger partial charge in [-0.3, -0.25) is 9.59 Å². The van der Waals surface area contributed by atoms with Crippen molar-refractivity contribution >= 4 is 17.8 Å². The first kappa shape index (κ1) is 41.6. The molecule has 4 N–H and O–H groups in total. The average Bonchev–Trinajstić information content (AvgIpc) is 3.00. The molecule has 254 valence electrons. The molecule has 44 heavy (non-hydrogen) atoms. The maximum atomic E-state index is 12.6. The summed E-state index contributed by atoms with van der Waals surface area (Å²) in [4.78, 5) is 36.0. The highest BCUT2D eigenvalue weighted by Gasteiger charge is 2.18. The molecule has 0 spiro atoms. The first-order valence-electron chi connectivity index (χ1n) is 17.8. The van der Waals surface area contributed by atoms with Crippen molar-refractivity contribution in [3.63, 3.8) is 0 Å². The Balaban J connectivity index is 4.29. The van der Waals surface area contributed by atoms with E-state index in [-0.39, 0.29) is 18.0 Å². The molecule has 0 fully saturated rings. The smallest absolute Gasteiger partial charge is 0.326 e. The molecule has 2 unspecified atom stereocenters. The number of unbranched alkanes of at least 4 members (excludes halogenated alkanes) is 13. The molecule has 0 bridgehead atoms. The van der Waals surface area contributed by atoms with Crippen LogP contribution in [0.25, 0.3) is 0 Å². The summed E-state index contributed by atoms with van der Waals surface area (Å²) in [5.41, 5.74) is 5.46. The normalized spacial score (nSPS) is 13.2. The Bertz CT molecular complexity index is 793. The van der Waals surface area contributed by atoms with E-state index < -0.39 is 12.0 Å². The summed E-state index contributed by atoms with van der Waals surface area (Å²) in [5, 5.41) is 11.9. The molecule has 0 rings (SSSR count). The number of carbonyl (C=O) groups is 3. The molecule has 0 aliphatic heterocycles. The number of hydrogen-bond acceptors (Lipinski definition) is 5. The van der Waals surface area contributed by atoms with E-state index in [4.69, 9.17) is 10.5 Å². The minimum absolute atomic E-state index is 0.107. The van der Waals surface area contributed by atoms with Crippen molar-refractivity contribution in [2.24, 2.45) is 5.73 Å². The third kappa shape index (κ3) is 28.4. The van der Waals surface area contributed by atoms with Crippen molar-refractivity contribution in [3.8, 4) is 0 Å². The summed E-state index contributed by atoms with van der Waals surface area (Å²) in [6.45, 7) is 4.81. The molecule has 0 aromatic carbocycles. The molecule has 0 aromatic rings. The van der Waals surface area contributed by atoms with Crippen molar-refractivity contribution in [2.45, 2.75) is 174 Å². The van der Waals surface area contributed by atoms with Crippen LogP contribution in [0, 0.1) is 0 Å². The number of carboxylic acids is 1. The van der Waals surface area contributed by atoms with Gasteiger partial charge in [0.05, 0.1) is 0 Å². The van der Waals surface area contributed by atoms with Crippen LogP contribution in [0.1, 0.15) is 162 Å². The van der Waals surface area contributed by atoms with Gasteiger partial charge in [0.2, 0.25) is 5.91 Å². The van der Waals surface area contributed by atoms with Gasteiger partial charge in [0.1, 0.15) is 12.1 Å². The molecule has 0 radical (unpaired) electrons. The lowest BCUT2D eigenvalue weighted by Gasteiger charge is -2.15. The number of ether oxygens (including phenoxy) is 1. The lowest BCUT2D eigenvalue weighted by molar-refractivity contribution is -0.147. The van der Waals surface area contributed by atoms with Gasteiger partial charge < -0.3 is 20.9 Å². The van der Waals surface area contributed by atoms with Gasteiger partial charge in [-0.15, -0.1) is 0 Å². The largest absolute Gasteiger partial charge is 0.480 e. The predicted octanol–water partition coefficient (Wildman–Crippen LogP) is 9.11. The first-order valence-corrected chi connectivity index (χ1v) is 17.8. The van der Waals surface area contributed by atoms with Crippen LogP contribution in [0.2, 0.25) is 0 Å². The van der Waals surface area contributed by atoms with Gasteiger partial charge in [-0.25, -0.2) is 4.79 Å². The quantitative estimate of drug-likeness (QED) is 0.0405. The summed E-state index contributed by atoms with van der Waals surface area (Å²) in [7, 11) is 0. The number of hydrogen-bond donors (Lipinski definition) is 3. The highest BCUT2D eigenvalue weighted by molar-refractivity contribution is 5.83. The predicted molar refractivity (Wildman–Crippen MR) is 183 cm³/mol. The van der Waals surface area contributed by atoms with Gasteiger partial charge in [-0.2, -0.15) is 0 Å². The van der Waals surface area contributed by atoms with Crippen LogP contribution >= 0.6 is 0 Å². The number of nitrogens with one attached hydrogen (secondary N) is 1. The van der Waals surface area contributed by atoms with E-state index in [2.05, 4.69) is 55.6 Å². The molecule has 1 amide bonds. The fraction of sp³-hybridized carbons (Fsp3) is 0.757. The van der Waals surface area contributed by atoms with Crippen molar-refractivity contribution in [2.75, 3.05) is 6.54 Å². The van der Waals surface area contributed by atoms with Gasteiger partial charge in [0.25, 0.3) is 0 Å². The highest BCUT2D eigenvalue weighted by atomic mass is 16.5. The molecular weight excluding hydrogens is 552 g/mol. The zero-order valence-corrected chi connectivity index (χ0v) is 28.2. The van der Waals surface area contributed by atoms with Crippen LogP contribution in [0.4, 0.5) is 0 Å². The number of nitrogens with two attached hydrogens (primary N) is 1. The van der Waals surface area contributed by atoms with Crippen LogP contribution in [0.15, 0.2) is 36.5 Å². The summed E-state index contributed by atoms with van der Waals surface area (Å²) < 4.78 is 5.86. The minimum Gasteiger partial charge on any atom is -0.480 e. The maximum absolute atomic E-state index is 12.6. The number of amides is 1. The molecule has 0 aliphatic rings. The molecule has 0 saturated heterocycles.